The molecular formula is C9H7BrO5. The normalized spacial score (nSPS) is 9.73. The zero-order valence-corrected chi connectivity index (χ0v) is 9.24. The third-order valence-corrected chi connectivity index (χ3v) is 2.39. The van der Waals surface area contributed by atoms with Crippen LogP contribution in [-0.2, 0) is 4.79 Å². The molecular weight excluding hydrogens is 268 g/mol. The van der Waals surface area contributed by atoms with Crippen LogP contribution in [0.3, 0.4) is 0 Å². The van der Waals surface area contributed by atoms with Crippen LogP contribution in [0.15, 0.2) is 16.6 Å². The summed E-state index contributed by atoms with van der Waals surface area (Å²) in [5.74, 6) is -3.28. The van der Waals surface area contributed by atoms with Crippen LogP contribution in [0.2, 0.25) is 0 Å². The lowest BCUT2D eigenvalue weighted by Crippen LogP contribution is -2.13. The van der Waals surface area contributed by atoms with Gasteiger partial charge in [-0.2, -0.15) is 0 Å². The molecule has 15 heavy (non-hydrogen) atoms. The minimum atomic E-state index is -1.64. The minimum Gasteiger partial charge on any atom is -0.504 e. The maximum absolute atomic E-state index is 11.2. The van der Waals surface area contributed by atoms with Crippen LogP contribution >= 0.6 is 15.9 Å². The Kier molecular flexibility index (Phi) is 3.31. The molecule has 0 aliphatic heterocycles. The summed E-state index contributed by atoms with van der Waals surface area (Å²) in [5, 5.41) is 18.1. The summed E-state index contributed by atoms with van der Waals surface area (Å²) in [7, 11) is 1.30. The Morgan fingerprint density at radius 3 is 2.47 bits per heavy atom. The summed E-state index contributed by atoms with van der Waals surface area (Å²) >= 11 is 2.98. The molecule has 0 bridgehead atoms. The van der Waals surface area contributed by atoms with E-state index < -0.39 is 17.5 Å². The van der Waals surface area contributed by atoms with Gasteiger partial charge in [-0.05, 0) is 28.1 Å². The van der Waals surface area contributed by atoms with Gasteiger partial charge in [0.25, 0.3) is 5.78 Å². The number of benzene rings is 1. The van der Waals surface area contributed by atoms with Gasteiger partial charge < -0.3 is 14.9 Å². The van der Waals surface area contributed by atoms with Crippen molar-refractivity contribution in [3.05, 3.63) is 22.2 Å². The lowest BCUT2D eigenvalue weighted by Gasteiger charge is -2.07. The number of aliphatic carboxylic acids is 1. The third-order valence-electron chi connectivity index (χ3n) is 1.73. The lowest BCUT2D eigenvalue weighted by molar-refractivity contribution is -0.131. The van der Waals surface area contributed by atoms with Crippen molar-refractivity contribution in [1.29, 1.82) is 0 Å². The molecule has 1 rings (SSSR count). The average molecular weight is 275 g/mol. The number of aromatic hydroxyl groups is 1. The molecule has 0 amide bonds. The molecule has 1 aromatic carbocycles. The number of halogens is 1. The number of carboxylic acid groups (broad SMARTS) is 1. The van der Waals surface area contributed by atoms with Gasteiger partial charge in [0.05, 0.1) is 12.7 Å². The van der Waals surface area contributed by atoms with Gasteiger partial charge >= 0.3 is 5.97 Å². The molecule has 0 heterocycles. The first-order chi connectivity index (χ1) is 6.99. The number of carbonyl (C=O) groups is 2. The Labute approximate surface area is 93.4 Å². The summed E-state index contributed by atoms with van der Waals surface area (Å²) in [4.78, 5) is 21.7. The van der Waals surface area contributed by atoms with Crippen molar-refractivity contribution < 1.29 is 24.5 Å². The molecule has 0 fully saturated rings. The first kappa shape index (κ1) is 11.5. The number of hydrogen-bond donors (Lipinski definition) is 2. The van der Waals surface area contributed by atoms with Crippen molar-refractivity contribution in [3.8, 4) is 11.5 Å². The molecule has 1 aromatic rings. The number of methoxy groups -OCH3 is 1. The van der Waals surface area contributed by atoms with Gasteiger partial charge in [0.15, 0.2) is 11.5 Å². The molecule has 2 N–H and O–H groups in total. The van der Waals surface area contributed by atoms with Gasteiger partial charge in [0.2, 0.25) is 0 Å². The SMILES string of the molecule is COc1ccc(Br)c(C(=O)C(=O)O)c1O. The molecule has 80 valence electrons. The van der Waals surface area contributed by atoms with E-state index in [0.29, 0.717) is 0 Å². The fourth-order valence-electron chi connectivity index (χ4n) is 1.04. The van der Waals surface area contributed by atoms with E-state index in [1.807, 2.05) is 0 Å². The molecule has 0 unspecified atom stereocenters. The number of rotatable bonds is 3. The highest BCUT2D eigenvalue weighted by molar-refractivity contribution is 9.10. The highest BCUT2D eigenvalue weighted by Gasteiger charge is 2.24. The molecule has 0 atom stereocenters. The van der Waals surface area contributed by atoms with Crippen molar-refractivity contribution in [2.75, 3.05) is 7.11 Å². The number of ketones is 1. The van der Waals surface area contributed by atoms with Crippen molar-refractivity contribution in [3.63, 3.8) is 0 Å². The second-order valence-electron chi connectivity index (χ2n) is 2.61. The number of phenolic OH excluding ortho intramolecular Hbond substituents is 1. The third kappa shape index (κ3) is 2.10. The van der Waals surface area contributed by atoms with Gasteiger partial charge in [-0.15, -0.1) is 0 Å². The van der Waals surface area contributed by atoms with Crippen LogP contribution in [0.1, 0.15) is 10.4 Å². The smallest absolute Gasteiger partial charge is 0.377 e. The number of hydrogen-bond acceptors (Lipinski definition) is 4. The second kappa shape index (κ2) is 4.31. The summed E-state index contributed by atoms with van der Waals surface area (Å²) in [5.41, 5.74) is -0.318. The van der Waals surface area contributed by atoms with Crippen LogP contribution in [0, 0.1) is 0 Å². The van der Waals surface area contributed by atoms with E-state index in [1.54, 1.807) is 0 Å². The molecule has 0 aliphatic carbocycles. The van der Waals surface area contributed by atoms with Gasteiger partial charge in [0.1, 0.15) is 0 Å². The van der Waals surface area contributed by atoms with Crippen LogP contribution in [0.25, 0.3) is 0 Å². The molecule has 0 aromatic heterocycles. The zero-order chi connectivity index (χ0) is 11.6. The van der Waals surface area contributed by atoms with E-state index in [2.05, 4.69) is 15.9 Å². The zero-order valence-electron chi connectivity index (χ0n) is 7.65. The molecule has 0 radical (unpaired) electrons. The largest absolute Gasteiger partial charge is 0.504 e. The Morgan fingerprint density at radius 2 is 2.00 bits per heavy atom. The minimum absolute atomic E-state index is 0.0443. The molecule has 5 nitrogen and oxygen atoms in total. The number of ether oxygens (including phenoxy) is 1. The molecule has 0 saturated heterocycles. The summed E-state index contributed by atoms with van der Waals surface area (Å²) < 4.78 is 4.96. The molecule has 0 spiro atoms. The maximum Gasteiger partial charge on any atom is 0.377 e. The highest BCUT2D eigenvalue weighted by atomic mass is 79.9. The van der Waals surface area contributed by atoms with Crippen LogP contribution in [0.4, 0.5) is 0 Å². The monoisotopic (exact) mass is 274 g/mol. The van der Waals surface area contributed by atoms with Gasteiger partial charge in [0, 0.05) is 4.47 Å². The van der Waals surface area contributed by atoms with Gasteiger partial charge in [-0.1, -0.05) is 0 Å². The van der Waals surface area contributed by atoms with Gasteiger partial charge in [-0.3, -0.25) is 4.79 Å². The van der Waals surface area contributed by atoms with Crippen molar-refractivity contribution in [2.45, 2.75) is 0 Å². The second-order valence-corrected chi connectivity index (χ2v) is 3.46. The topological polar surface area (TPSA) is 83.8 Å². The Balaban J connectivity index is 3.39. The van der Waals surface area contributed by atoms with Crippen LogP contribution < -0.4 is 4.74 Å². The highest BCUT2D eigenvalue weighted by Crippen LogP contribution is 2.35. The standard InChI is InChI=1S/C9H7BrO5/c1-15-5-3-2-4(10)6(7(5)11)8(12)9(13)14/h2-3,11H,1H3,(H,13,14). The Morgan fingerprint density at radius 1 is 1.40 bits per heavy atom. The van der Waals surface area contributed by atoms with E-state index in [1.165, 1.54) is 19.2 Å². The molecule has 0 aliphatic rings. The summed E-state index contributed by atoms with van der Waals surface area (Å²) in [6.07, 6.45) is 0. The first-order valence-electron chi connectivity index (χ1n) is 3.82. The van der Waals surface area contributed by atoms with Crippen LogP contribution in [0.5, 0.6) is 11.5 Å². The predicted octanol–water partition coefficient (Wildman–Crippen LogP) is 1.43. The summed E-state index contributed by atoms with van der Waals surface area (Å²) in [6, 6.07) is 2.84. The predicted molar refractivity (Wildman–Crippen MR) is 54.3 cm³/mol. The summed E-state index contributed by atoms with van der Waals surface area (Å²) in [6.45, 7) is 0. The number of carboxylic acids is 1. The number of phenols is 1. The number of carbonyl (C=O) groups excluding carboxylic acids is 1. The van der Waals surface area contributed by atoms with Crippen molar-refractivity contribution in [2.24, 2.45) is 0 Å². The molecule has 0 saturated carbocycles. The first-order valence-corrected chi connectivity index (χ1v) is 4.61. The Hall–Kier alpha value is -1.56. The maximum atomic E-state index is 11.2. The van der Waals surface area contributed by atoms with E-state index in [4.69, 9.17) is 9.84 Å². The fraction of sp³-hybridized carbons (Fsp3) is 0.111. The van der Waals surface area contributed by atoms with Gasteiger partial charge in [-0.25, -0.2) is 4.79 Å². The van der Waals surface area contributed by atoms with Crippen LogP contribution in [-0.4, -0.2) is 29.1 Å². The number of Topliss-reactive ketones (excluding diaryl/α,β-unsaturated/α-hetero) is 1. The van der Waals surface area contributed by atoms with E-state index in [-0.39, 0.29) is 15.8 Å². The van der Waals surface area contributed by atoms with E-state index in [9.17, 15) is 14.7 Å². The quantitative estimate of drug-likeness (QED) is 0.644. The van der Waals surface area contributed by atoms with E-state index >= 15 is 0 Å². The van der Waals surface area contributed by atoms with Crippen molar-refractivity contribution in [1.82, 2.24) is 0 Å². The Bertz CT molecular complexity index is 427. The molecule has 6 heteroatoms. The lowest BCUT2D eigenvalue weighted by atomic mass is 10.1. The fourth-order valence-corrected chi connectivity index (χ4v) is 1.54. The van der Waals surface area contributed by atoms with Crippen molar-refractivity contribution >= 4 is 27.7 Å². The average Bonchev–Trinajstić information content (AvgIpc) is 2.17. The van der Waals surface area contributed by atoms with E-state index in [0.717, 1.165) is 0 Å².